The minimum Gasteiger partial charge on any atom is -0.493 e. The Morgan fingerprint density at radius 1 is 1.06 bits per heavy atom. The molecule has 0 saturated carbocycles. The lowest BCUT2D eigenvalue weighted by atomic mass is 10.1. The van der Waals surface area contributed by atoms with Gasteiger partial charge in [0.25, 0.3) is 0 Å². The molecule has 1 fully saturated rings. The third kappa shape index (κ3) is 5.17. The zero-order valence-electron chi connectivity index (χ0n) is 18.6. The highest BCUT2D eigenvalue weighted by atomic mass is 32.2. The number of hydrogen-bond donors (Lipinski definition) is 1. The van der Waals surface area contributed by atoms with Gasteiger partial charge in [0.2, 0.25) is 5.88 Å². The highest BCUT2D eigenvalue weighted by Gasteiger charge is 2.23. The topological polar surface area (TPSA) is 97.4 Å². The highest BCUT2D eigenvalue weighted by molar-refractivity contribution is 7.91. The summed E-state index contributed by atoms with van der Waals surface area (Å²) in [6, 6.07) is 10.3. The van der Waals surface area contributed by atoms with E-state index in [-0.39, 0.29) is 41.4 Å². The van der Waals surface area contributed by atoms with Gasteiger partial charge >= 0.3 is 5.69 Å². The largest absolute Gasteiger partial charge is 0.493 e. The second kappa shape index (κ2) is 9.11. The minimum absolute atomic E-state index is 0.0685. The Balaban J connectivity index is 1.50. The number of halogens is 1. The van der Waals surface area contributed by atoms with E-state index in [1.165, 1.54) is 21.4 Å². The molecule has 1 aliphatic rings. The third-order valence-electron chi connectivity index (χ3n) is 5.82. The Kier molecular flexibility index (Phi) is 6.40. The molecule has 1 N–H and O–H groups in total. The molecule has 0 radical (unpaired) electrons. The van der Waals surface area contributed by atoms with Crippen LogP contribution in [-0.2, 0) is 22.9 Å². The van der Waals surface area contributed by atoms with E-state index in [1.54, 1.807) is 6.07 Å². The maximum atomic E-state index is 14.4. The molecule has 0 atom stereocenters. The van der Waals surface area contributed by atoms with E-state index in [4.69, 9.17) is 0 Å². The number of sulfone groups is 1. The maximum Gasteiger partial charge on any atom is 0.331 e. The predicted octanol–water partition coefficient (Wildman–Crippen LogP) is 2.42. The van der Waals surface area contributed by atoms with Crippen molar-refractivity contribution in [2.45, 2.75) is 33.0 Å². The van der Waals surface area contributed by atoms with E-state index >= 15 is 0 Å². The monoisotopic (exact) mass is 474 g/mol. The lowest BCUT2D eigenvalue weighted by molar-refractivity contribution is 0.279. The van der Waals surface area contributed by atoms with Gasteiger partial charge in [-0.05, 0) is 31.5 Å². The Bertz CT molecular complexity index is 1300. The zero-order valence-corrected chi connectivity index (χ0v) is 19.4. The van der Waals surface area contributed by atoms with Crippen LogP contribution in [0, 0.1) is 5.82 Å². The second-order valence-corrected chi connectivity index (χ2v) is 10.9. The van der Waals surface area contributed by atoms with Crippen LogP contribution in [0.2, 0.25) is 0 Å². The summed E-state index contributed by atoms with van der Waals surface area (Å²) in [5, 5.41) is 10.0. The number of nitrogens with zero attached hydrogens (tertiary/aromatic N) is 4. The number of pyridine rings is 1. The van der Waals surface area contributed by atoms with Crippen molar-refractivity contribution in [3.05, 3.63) is 70.2 Å². The lowest BCUT2D eigenvalue weighted by Gasteiger charge is -2.26. The maximum absolute atomic E-state index is 14.4. The minimum atomic E-state index is -3.00. The van der Waals surface area contributed by atoms with Gasteiger partial charge in [-0.1, -0.05) is 24.3 Å². The fourth-order valence-electron chi connectivity index (χ4n) is 3.95. The molecule has 8 nitrogen and oxygen atoms in total. The first-order chi connectivity index (χ1) is 15.6. The summed E-state index contributed by atoms with van der Waals surface area (Å²) in [6.45, 7) is 4.97. The molecule has 0 spiro atoms. The van der Waals surface area contributed by atoms with Crippen molar-refractivity contribution >= 4 is 9.84 Å². The van der Waals surface area contributed by atoms with Crippen LogP contribution in [-0.4, -0.2) is 57.1 Å². The van der Waals surface area contributed by atoms with E-state index in [0.717, 1.165) is 11.1 Å². The molecule has 33 heavy (non-hydrogen) atoms. The van der Waals surface area contributed by atoms with Crippen LogP contribution in [0.1, 0.15) is 31.1 Å². The first-order valence-corrected chi connectivity index (χ1v) is 12.6. The predicted molar refractivity (Wildman–Crippen MR) is 123 cm³/mol. The first-order valence-electron chi connectivity index (χ1n) is 10.8. The fraction of sp³-hybridized carbons (Fsp3) is 0.391. The highest BCUT2D eigenvalue weighted by Crippen LogP contribution is 2.21. The molecule has 2 aromatic heterocycles. The zero-order chi connectivity index (χ0) is 23.8. The second-order valence-electron chi connectivity index (χ2n) is 8.61. The van der Waals surface area contributed by atoms with E-state index in [2.05, 4.69) is 4.98 Å². The van der Waals surface area contributed by atoms with Gasteiger partial charge < -0.3 is 5.11 Å². The van der Waals surface area contributed by atoms with E-state index in [9.17, 15) is 22.7 Å². The van der Waals surface area contributed by atoms with Crippen LogP contribution in [0.25, 0.3) is 11.3 Å². The van der Waals surface area contributed by atoms with Gasteiger partial charge in [-0.15, -0.1) is 0 Å². The lowest BCUT2D eigenvalue weighted by Crippen LogP contribution is -2.40. The number of benzene rings is 1. The summed E-state index contributed by atoms with van der Waals surface area (Å²) < 4.78 is 40.4. The van der Waals surface area contributed by atoms with Gasteiger partial charge in [0.1, 0.15) is 5.82 Å². The van der Waals surface area contributed by atoms with E-state index in [0.29, 0.717) is 25.3 Å². The van der Waals surface area contributed by atoms with Gasteiger partial charge in [-0.3, -0.25) is 14.0 Å². The number of aromatic hydroxyl groups is 1. The summed E-state index contributed by atoms with van der Waals surface area (Å²) in [4.78, 5) is 18.9. The van der Waals surface area contributed by atoms with Gasteiger partial charge in [-0.2, -0.15) is 0 Å². The molecule has 3 aromatic rings. The quantitative estimate of drug-likeness (QED) is 0.589. The summed E-state index contributed by atoms with van der Waals surface area (Å²) >= 11 is 0. The van der Waals surface area contributed by atoms with Crippen molar-refractivity contribution in [2.24, 2.45) is 0 Å². The van der Waals surface area contributed by atoms with Crippen LogP contribution in [0.5, 0.6) is 5.88 Å². The molecule has 1 aliphatic heterocycles. The van der Waals surface area contributed by atoms with Gasteiger partial charge in [-0.25, -0.2) is 22.6 Å². The molecular weight excluding hydrogens is 447 g/mol. The normalized spacial score (nSPS) is 16.4. The molecule has 0 amide bonds. The van der Waals surface area contributed by atoms with E-state index in [1.807, 2.05) is 43.0 Å². The fourth-order valence-corrected chi connectivity index (χ4v) is 5.22. The molecule has 1 saturated heterocycles. The molecule has 176 valence electrons. The molecule has 0 aliphatic carbocycles. The van der Waals surface area contributed by atoms with Crippen LogP contribution in [0.4, 0.5) is 4.39 Å². The summed E-state index contributed by atoms with van der Waals surface area (Å²) in [5.74, 6) is -0.326. The van der Waals surface area contributed by atoms with Crippen molar-refractivity contribution in [2.75, 3.05) is 24.6 Å². The molecular formula is C23H27FN4O4S. The molecule has 0 bridgehead atoms. The van der Waals surface area contributed by atoms with Crippen molar-refractivity contribution in [1.82, 2.24) is 19.0 Å². The van der Waals surface area contributed by atoms with Gasteiger partial charge in [0, 0.05) is 31.2 Å². The number of imidazole rings is 1. The number of rotatable bonds is 6. The van der Waals surface area contributed by atoms with Crippen molar-refractivity contribution in [1.29, 1.82) is 0 Å². The molecule has 0 unspecified atom stereocenters. The summed E-state index contributed by atoms with van der Waals surface area (Å²) in [5.41, 5.74) is 2.30. The van der Waals surface area contributed by atoms with Gasteiger partial charge in [0.15, 0.2) is 9.84 Å². The van der Waals surface area contributed by atoms with Crippen LogP contribution >= 0.6 is 0 Å². The number of hydrogen-bond acceptors (Lipinski definition) is 6. The summed E-state index contributed by atoms with van der Waals surface area (Å²) in [6.07, 6.45) is 1.43. The molecule has 10 heteroatoms. The van der Waals surface area contributed by atoms with Crippen LogP contribution < -0.4 is 5.69 Å². The van der Waals surface area contributed by atoms with Crippen molar-refractivity contribution in [3.8, 4) is 17.1 Å². The number of aromatic nitrogens is 3. The van der Waals surface area contributed by atoms with Crippen LogP contribution in [0.3, 0.4) is 0 Å². The van der Waals surface area contributed by atoms with E-state index < -0.39 is 15.7 Å². The van der Waals surface area contributed by atoms with Crippen molar-refractivity contribution in [3.63, 3.8) is 0 Å². The van der Waals surface area contributed by atoms with Gasteiger partial charge in [0.05, 0.1) is 35.6 Å². The Morgan fingerprint density at radius 3 is 2.33 bits per heavy atom. The third-order valence-corrected chi connectivity index (χ3v) is 7.43. The average molecular weight is 475 g/mol. The standard InChI is InChI=1S/C23H27FN4O4S/c1-16(2)28-22(29)15-27(23(28)30)13-17-3-5-18(6-4-17)20-8-7-19(24)21(25-20)14-26-9-11-33(31,32)12-10-26/h3-8,15-16,29H,9-14H2,1-2H3. The average Bonchev–Trinajstić information content (AvgIpc) is 3.04. The first kappa shape index (κ1) is 23.2. The Morgan fingerprint density at radius 2 is 1.73 bits per heavy atom. The van der Waals surface area contributed by atoms with Crippen molar-refractivity contribution < 1.29 is 17.9 Å². The molecule has 3 heterocycles. The smallest absolute Gasteiger partial charge is 0.331 e. The Hall–Kier alpha value is -2.98. The molecule has 4 rings (SSSR count). The molecule has 1 aromatic carbocycles. The summed E-state index contributed by atoms with van der Waals surface area (Å²) in [7, 11) is -3.00. The Labute approximate surface area is 191 Å². The van der Waals surface area contributed by atoms with Crippen LogP contribution in [0.15, 0.2) is 47.4 Å². The SMILES string of the molecule is CC(C)n1c(O)cn(Cc2ccc(-c3ccc(F)c(CN4CCS(=O)(=O)CC4)n3)cc2)c1=O.